The quantitative estimate of drug-likeness (QED) is 0.199. The molecule has 0 radical (unpaired) electrons. The number of imidazole rings is 1. The molecule has 1 saturated carbocycles. The number of rotatable bonds is 7. The maximum absolute atomic E-state index is 5.93. The first kappa shape index (κ1) is 26.9. The van der Waals surface area contributed by atoms with Gasteiger partial charge in [0.25, 0.3) is 0 Å². The van der Waals surface area contributed by atoms with E-state index in [1.54, 1.807) is 0 Å². The second-order valence-electron chi connectivity index (χ2n) is 11.2. The largest absolute Gasteiger partial charge is 0.366 e. The summed E-state index contributed by atoms with van der Waals surface area (Å²) in [5.41, 5.74) is 8.44. The van der Waals surface area contributed by atoms with E-state index in [0.29, 0.717) is 5.92 Å². The first-order chi connectivity index (χ1) is 20.0. The molecule has 0 atom stereocenters. The van der Waals surface area contributed by atoms with Crippen LogP contribution in [-0.2, 0) is 0 Å². The molecule has 4 heterocycles. The summed E-state index contributed by atoms with van der Waals surface area (Å²) >= 11 is 0. The van der Waals surface area contributed by atoms with Gasteiger partial charge in [-0.15, -0.1) is 6.42 Å². The lowest BCUT2D eigenvalue weighted by Gasteiger charge is -2.33. The highest BCUT2D eigenvalue weighted by atomic mass is 15.3. The van der Waals surface area contributed by atoms with Gasteiger partial charge >= 0.3 is 0 Å². The van der Waals surface area contributed by atoms with E-state index < -0.39 is 0 Å². The molecule has 4 aromatic rings. The lowest BCUT2D eigenvalue weighted by atomic mass is 9.87. The van der Waals surface area contributed by atoms with E-state index in [1.165, 1.54) is 32.1 Å². The number of aromatic amines is 2. The second kappa shape index (κ2) is 11.6. The minimum Gasteiger partial charge on any atom is -0.366 e. The molecule has 0 bridgehead atoms. The number of terminal acetylenes is 1. The molecule has 0 unspecified atom stereocenters. The van der Waals surface area contributed by atoms with Crippen LogP contribution < -0.4 is 10.2 Å². The number of hydrogen-bond donors (Lipinski definition) is 3. The predicted octanol–water partition coefficient (Wildman–Crippen LogP) is 5.86. The Labute approximate surface area is 241 Å². The maximum atomic E-state index is 5.93. The van der Waals surface area contributed by atoms with Gasteiger partial charge in [-0.05, 0) is 62.1 Å². The van der Waals surface area contributed by atoms with Crippen LogP contribution in [0, 0.1) is 18.3 Å². The fourth-order valence-electron chi connectivity index (χ4n) is 6.01. The van der Waals surface area contributed by atoms with E-state index in [1.807, 2.05) is 25.4 Å². The Kier molecular flexibility index (Phi) is 7.62. The number of anilines is 1. The van der Waals surface area contributed by atoms with Gasteiger partial charge in [0.15, 0.2) is 5.82 Å². The average Bonchev–Trinajstić information content (AvgIpc) is 3.64. The molecule has 3 N–H and O–H groups in total. The topological polar surface area (TPSA) is 88.8 Å². The van der Waals surface area contributed by atoms with Gasteiger partial charge in [-0.3, -0.25) is 10.1 Å². The van der Waals surface area contributed by atoms with Crippen molar-refractivity contribution in [2.45, 2.75) is 39.0 Å². The first-order valence-corrected chi connectivity index (χ1v) is 14.6. The Bertz CT molecular complexity index is 1670. The van der Waals surface area contributed by atoms with Gasteiger partial charge in [0, 0.05) is 37.3 Å². The summed E-state index contributed by atoms with van der Waals surface area (Å²) in [4.78, 5) is 17.7. The summed E-state index contributed by atoms with van der Waals surface area (Å²) in [5.74, 6) is 4.03. The molecule has 210 valence electrons. The van der Waals surface area contributed by atoms with Crippen molar-refractivity contribution in [3.63, 3.8) is 0 Å². The van der Waals surface area contributed by atoms with E-state index >= 15 is 0 Å². The highest BCUT2D eigenvalue weighted by molar-refractivity contribution is 5.97. The van der Waals surface area contributed by atoms with Gasteiger partial charge in [0.05, 0.1) is 34.8 Å². The Hall–Kier alpha value is -4.35. The Morgan fingerprint density at radius 1 is 1.12 bits per heavy atom. The lowest BCUT2D eigenvalue weighted by Crippen LogP contribution is -2.44. The molecule has 8 heteroatoms. The number of benzene rings is 1. The summed E-state index contributed by atoms with van der Waals surface area (Å²) in [6.45, 7) is 10.3. The van der Waals surface area contributed by atoms with Gasteiger partial charge in [0.1, 0.15) is 11.2 Å². The van der Waals surface area contributed by atoms with Crippen LogP contribution in [0.4, 0.5) is 5.69 Å². The summed E-state index contributed by atoms with van der Waals surface area (Å²) in [6.07, 6.45) is 20.0. The highest BCUT2D eigenvalue weighted by Crippen LogP contribution is 2.32. The Balaban J connectivity index is 1.30. The molecule has 1 aliphatic carbocycles. The average molecular weight is 547 g/mol. The van der Waals surface area contributed by atoms with Crippen LogP contribution in [0.3, 0.4) is 0 Å². The molecule has 8 nitrogen and oxygen atoms in total. The number of nitrogens with one attached hydrogen (secondary N) is 3. The number of aromatic nitrogens is 5. The number of pyridine rings is 1. The molecule has 41 heavy (non-hydrogen) atoms. The minimum atomic E-state index is 0.482. The molecule has 1 aromatic carbocycles. The summed E-state index contributed by atoms with van der Waals surface area (Å²) in [6, 6.07) is 6.30. The fraction of sp³-hybridized carbons (Fsp3) is 0.364. The third kappa shape index (κ3) is 5.50. The van der Waals surface area contributed by atoms with Crippen molar-refractivity contribution < 1.29 is 0 Å². The number of piperazine rings is 1. The standard InChI is InChI=1S/C33H38N8/c1-5-23(18-26(6-2)35-22(3)24-10-8-7-9-11-24)25-12-13-28-27(19-25)31(39-38-28)33-36-29-20-34-21-30(32(29)37-33)41-16-14-40(4)15-17-41/h2,5,12-13,18-21,24,35H,3,7-11,14-17H2,1,4H3,(H,36,37)(H,38,39)/b23-5+,26-18+. The highest BCUT2D eigenvalue weighted by Gasteiger charge is 2.21. The molecule has 2 aliphatic rings. The third-order valence-electron chi connectivity index (χ3n) is 8.50. The van der Waals surface area contributed by atoms with Crippen molar-refractivity contribution in [2.75, 3.05) is 38.1 Å². The lowest BCUT2D eigenvalue weighted by molar-refractivity contribution is 0.313. The first-order valence-electron chi connectivity index (χ1n) is 14.6. The van der Waals surface area contributed by atoms with Crippen molar-refractivity contribution in [3.05, 3.63) is 66.3 Å². The number of allylic oxidation sites excluding steroid dienone is 5. The molecule has 2 fully saturated rings. The zero-order chi connectivity index (χ0) is 28.3. The van der Waals surface area contributed by atoms with Crippen molar-refractivity contribution in [2.24, 2.45) is 5.92 Å². The van der Waals surface area contributed by atoms with E-state index in [4.69, 9.17) is 11.4 Å². The summed E-state index contributed by atoms with van der Waals surface area (Å²) < 4.78 is 0. The number of fused-ring (bicyclic) bond motifs is 2. The SMILES string of the molecule is C#C/C(=C\C(=C/C)c1ccc2[nH]nc(-c3nc4c(N5CCN(C)CC5)cncc4[nH]3)c2c1)NC(=C)C1CCCCC1. The van der Waals surface area contributed by atoms with Gasteiger partial charge in [0.2, 0.25) is 0 Å². The molecule has 0 spiro atoms. The predicted molar refractivity (Wildman–Crippen MR) is 168 cm³/mol. The molecule has 1 saturated heterocycles. The Morgan fingerprint density at radius 2 is 1.93 bits per heavy atom. The molecule has 1 aliphatic heterocycles. The van der Waals surface area contributed by atoms with Crippen molar-refractivity contribution in [1.29, 1.82) is 0 Å². The summed E-state index contributed by atoms with van der Waals surface area (Å²) in [5, 5.41) is 12.3. The van der Waals surface area contributed by atoms with Gasteiger partial charge in [-0.2, -0.15) is 5.10 Å². The number of likely N-dealkylation sites (N-methyl/N-ethyl adjacent to an activating group) is 1. The van der Waals surface area contributed by atoms with Gasteiger partial charge < -0.3 is 20.1 Å². The summed E-state index contributed by atoms with van der Waals surface area (Å²) in [7, 11) is 2.16. The Morgan fingerprint density at radius 3 is 2.68 bits per heavy atom. The smallest absolute Gasteiger partial charge is 0.159 e. The molecule has 0 amide bonds. The molecule has 3 aromatic heterocycles. The zero-order valence-electron chi connectivity index (χ0n) is 24.0. The number of H-pyrrole nitrogens is 2. The number of nitrogens with zero attached hydrogens (tertiary/aromatic N) is 5. The van der Waals surface area contributed by atoms with E-state index in [9.17, 15) is 0 Å². The van der Waals surface area contributed by atoms with Crippen LogP contribution in [-0.4, -0.2) is 63.3 Å². The third-order valence-corrected chi connectivity index (χ3v) is 8.50. The molecular formula is C33H38N8. The van der Waals surface area contributed by atoms with E-state index in [0.717, 1.165) is 87.9 Å². The van der Waals surface area contributed by atoms with Crippen LogP contribution in [0.1, 0.15) is 44.6 Å². The van der Waals surface area contributed by atoms with Crippen LogP contribution in [0.2, 0.25) is 0 Å². The molecule has 6 rings (SSSR count). The monoisotopic (exact) mass is 546 g/mol. The van der Waals surface area contributed by atoms with E-state index in [2.05, 4.69) is 79.1 Å². The van der Waals surface area contributed by atoms with Crippen molar-refractivity contribution >= 4 is 33.2 Å². The van der Waals surface area contributed by atoms with E-state index in [-0.39, 0.29) is 0 Å². The second-order valence-corrected chi connectivity index (χ2v) is 11.2. The maximum Gasteiger partial charge on any atom is 0.159 e. The van der Waals surface area contributed by atoms with Gasteiger partial charge in [-0.1, -0.05) is 43.9 Å². The minimum absolute atomic E-state index is 0.482. The van der Waals surface area contributed by atoms with Gasteiger partial charge in [-0.25, -0.2) is 4.98 Å². The fourth-order valence-corrected chi connectivity index (χ4v) is 6.01. The zero-order valence-corrected chi connectivity index (χ0v) is 24.0. The van der Waals surface area contributed by atoms with Crippen LogP contribution in [0.15, 0.2) is 60.7 Å². The van der Waals surface area contributed by atoms with Crippen molar-refractivity contribution in [3.8, 4) is 23.9 Å². The van der Waals surface area contributed by atoms with Crippen LogP contribution in [0.5, 0.6) is 0 Å². The van der Waals surface area contributed by atoms with Crippen molar-refractivity contribution in [1.82, 2.24) is 35.4 Å². The molecular weight excluding hydrogens is 508 g/mol. The number of hydrogen-bond acceptors (Lipinski definition) is 6. The van der Waals surface area contributed by atoms with Crippen LogP contribution >= 0.6 is 0 Å². The normalized spacial score (nSPS) is 17.7. The van der Waals surface area contributed by atoms with Crippen LogP contribution in [0.25, 0.3) is 39.0 Å².